The molecule has 0 spiro atoms. The number of aliphatic hydroxyl groups is 1. The predicted octanol–water partition coefficient (Wildman–Crippen LogP) is 2.49. The lowest BCUT2D eigenvalue weighted by Gasteiger charge is -2.33. The van der Waals surface area contributed by atoms with Gasteiger partial charge in [-0.3, -0.25) is 9.48 Å². The number of carbonyl (C=O) groups is 2. The first kappa shape index (κ1) is 20.6. The molecule has 0 radical (unpaired) electrons. The van der Waals surface area contributed by atoms with Crippen molar-refractivity contribution < 1.29 is 19.1 Å². The molecule has 3 heterocycles. The topological polar surface area (TPSA) is 90.7 Å². The summed E-state index contributed by atoms with van der Waals surface area (Å²) in [6.45, 7) is 3.50. The molecule has 2 N–H and O–H groups in total. The van der Waals surface area contributed by atoms with Gasteiger partial charge in [0.1, 0.15) is 11.5 Å². The van der Waals surface area contributed by atoms with Crippen LogP contribution in [0.25, 0.3) is 0 Å². The van der Waals surface area contributed by atoms with Crippen LogP contribution in [0.2, 0.25) is 5.02 Å². The van der Waals surface area contributed by atoms with E-state index in [0.717, 1.165) is 17.7 Å². The predicted molar refractivity (Wildman–Crippen MR) is 109 cm³/mol. The van der Waals surface area contributed by atoms with E-state index in [2.05, 4.69) is 10.4 Å². The van der Waals surface area contributed by atoms with Crippen molar-refractivity contribution in [3.63, 3.8) is 0 Å². The molecule has 0 fully saturated rings. The number of nitrogens with one attached hydrogen (secondary N) is 1. The number of aryl methyl sites for hydroxylation is 1. The molecule has 1 aromatic carbocycles. The maximum absolute atomic E-state index is 13.4. The number of fused-ring (bicyclic) bond motifs is 3. The van der Waals surface area contributed by atoms with Crippen LogP contribution in [0.3, 0.4) is 0 Å². The fourth-order valence-corrected chi connectivity index (χ4v) is 4.21. The van der Waals surface area contributed by atoms with Crippen LogP contribution in [0.5, 0.6) is 0 Å². The van der Waals surface area contributed by atoms with E-state index < -0.39 is 5.82 Å². The van der Waals surface area contributed by atoms with Gasteiger partial charge in [0, 0.05) is 43.3 Å². The summed E-state index contributed by atoms with van der Waals surface area (Å²) in [4.78, 5) is 29.2. The van der Waals surface area contributed by atoms with Gasteiger partial charge in [-0.2, -0.15) is 5.10 Å². The Morgan fingerprint density at radius 1 is 1.40 bits per heavy atom. The molecule has 4 rings (SSSR count). The zero-order valence-corrected chi connectivity index (χ0v) is 17.3. The summed E-state index contributed by atoms with van der Waals surface area (Å²) in [5.41, 5.74) is 2.45. The number of anilines is 1. The number of halogens is 2. The second-order valence-electron chi connectivity index (χ2n) is 7.61. The normalized spacial score (nSPS) is 18.7. The molecule has 8 nitrogen and oxygen atoms in total. The highest BCUT2D eigenvalue weighted by Crippen LogP contribution is 2.29. The molecule has 1 aromatic heterocycles. The highest BCUT2D eigenvalue weighted by molar-refractivity contribution is 6.31. The van der Waals surface area contributed by atoms with Gasteiger partial charge in [-0.25, -0.2) is 9.18 Å². The number of aromatic nitrogens is 2. The third-order valence-corrected chi connectivity index (χ3v) is 5.86. The molecular weight excluding hydrogens is 413 g/mol. The van der Waals surface area contributed by atoms with Gasteiger partial charge in [0.25, 0.3) is 5.91 Å². The minimum atomic E-state index is -0.556. The number of urea groups is 1. The minimum absolute atomic E-state index is 0.0710. The first-order chi connectivity index (χ1) is 14.4. The standard InChI is InChI=1S/C20H23ClFN5O3/c1-12-9-17-14(18-19(29)25(7-8-28)5-2-6-27(18)24-17)11-26(12)20(30)23-13-3-4-16(22)15(21)10-13/h3-4,10,12,28H,2,5-9,11H2,1H3,(H,23,30)/t12-/m1/s1. The fraction of sp³-hybridized carbons (Fsp3) is 0.450. The van der Waals surface area contributed by atoms with Gasteiger partial charge < -0.3 is 20.2 Å². The summed E-state index contributed by atoms with van der Waals surface area (Å²) in [5.74, 6) is -0.727. The molecular formula is C20H23ClFN5O3. The number of amides is 3. The van der Waals surface area contributed by atoms with Gasteiger partial charge in [0.2, 0.25) is 0 Å². The van der Waals surface area contributed by atoms with Gasteiger partial charge in [-0.05, 0) is 31.5 Å². The molecule has 10 heteroatoms. The van der Waals surface area contributed by atoms with Gasteiger partial charge in [0.05, 0.1) is 23.9 Å². The highest BCUT2D eigenvalue weighted by atomic mass is 35.5. The van der Waals surface area contributed by atoms with Crippen molar-refractivity contribution in [3.05, 3.63) is 46.0 Å². The number of β-amino-alcohol motifs (C(OH)–C–C–N with tert-alkyl or cyclic N) is 1. The van der Waals surface area contributed by atoms with Gasteiger partial charge in [0.15, 0.2) is 0 Å². The van der Waals surface area contributed by atoms with Crippen molar-refractivity contribution in [3.8, 4) is 0 Å². The van der Waals surface area contributed by atoms with E-state index in [1.807, 2.05) is 6.92 Å². The second kappa shape index (κ2) is 8.23. The van der Waals surface area contributed by atoms with Gasteiger partial charge in [-0.1, -0.05) is 11.6 Å². The molecule has 2 aromatic rings. The third-order valence-electron chi connectivity index (χ3n) is 5.57. The summed E-state index contributed by atoms with van der Waals surface area (Å²) in [5, 5.41) is 16.6. The van der Waals surface area contributed by atoms with Crippen LogP contribution in [-0.2, 0) is 19.5 Å². The van der Waals surface area contributed by atoms with Crippen LogP contribution >= 0.6 is 11.6 Å². The van der Waals surface area contributed by atoms with Crippen LogP contribution in [0.4, 0.5) is 14.9 Å². The van der Waals surface area contributed by atoms with E-state index in [4.69, 9.17) is 11.6 Å². The van der Waals surface area contributed by atoms with Crippen LogP contribution in [0.1, 0.15) is 35.1 Å². The lowest BCUT2D eigenvalue weighted by molar-refractivity contribution is 0.0721. The van der Waals surface area contributed by atoms with E-state index >= 15 is 0 Å². The second-order valence-corrected chi connectivity index (χ2v) is 8.01. The van der Waals surface area contributed by atoms with E-state index in [1.54, 1.807) is 14.5 Å². The first-order valence-electron chi connectivity index (χ1n) is 9.90. The summed E-state index contributed by atoms with van der Waals surface area (Å²) < 4.78 is 15.1. The Bertz CT molecular complexity index is 995. The lowest BCUT2D eigenvalue weighted by atomic mass is 9.99. The van der Waals surface area contributed by atoms with Crippen LogP contribution in [0.15, 0.2) is 18.2 Å². The Labute approximate surface area is 178 Å². The molecule has 2 aliphatic rings. The van der Waals surface area contributed by atoms with E-state index in [-0.39, 0.29) is 42.7 Å². The molecule has 1 atom stereocenters. The molecule has 3 amide bonds. The largest absolute Gasteiger partial charge is 0.395 e. The van der Waals surface area contributed by atoms with Crippen molar-refractivity contribution in [1.29, 1.82) is 0 Å². The quantitative estimate of drug-likeness (QED) is 0.775. The van der Waals surface area contributed by atoms with E-state index in [0.29, 0.717) is 30.9 Å². The molecule has 0 saturated heterocycles. The van der Waals surface area contributed by atoms with Crippen LogP contribution in [-0.4, -0.2) is 62.4 Å². The smallest absolute Gasteiger partial charge is 0.322 e. The Morgan fingerprint density at radius 2 is 2.20 bits per heavy atom. The van der Waals surface area contributed by atoms with E-state index in [9.17, 15) is 19.1 Å². The van der Waals surface area contributed by atoms with Gasteiger partial charge in [-0.15, -0.1) is 0 Å². The molecule has 0 aliphatic carbocycles. The number of rotatable bonds is 3. The fourth-order valence-electron chi connectivity index (χ4n) is 4.03. The van der Waals surface area contributed by atoms with Crippen molar-refractivity contribution in [2.24, 2.45) is 0 Å². The summed E-state index contributed by atoms with van der Waals surface area (Å²) in [6, 6.07) is 3.51. The number of hydrogen-bond acceptors (Lipinski definition) is 4. The van der Waals surface area contributed by atoms with Crippen molar-refractivity contribution >= 4 is 29.2 Å². The molecule has 0 bridgehead atoms. The Kier molecular flexibility index (Phi) is 5.66. The van der Waals surface area contributed by atoms with Crippen molar-refractivity contribution in [2.45, 2.75) is 38.9 Å². The van der Waals surface area contributed by atoms with Crippen LogP contribution in [0, 0.1) is 5.82 Å². The van der Waals surface area contributed by atoms with E-state index in [1.165, 1.54) is 18.2 Å². The average Bonchev–Trinajstić information content (AvgIpc) is 2.98. The summed E-state index contributed by atoms with van der Waals surface area (Å²) in [7, 11) is 0. The molecule has 2 aliphatic heterocycles. The maximum Gasteiger partial charge on any atom is 0.322 e. The number of carbonyl (C=O) groups excluding carboxylic acids is 2. The zero-order chi connectivity index (χ0) is 21.4. The number of aliphatic hydroxyl groups excluding tert-OH is 1. The molecule has 30 heavy (non-hydrogen) atoms. The summed E-state index contributed by atoms with van der Waals surface area (Å²) >= 11 is 5.80. The van der Waals surface area contributed by atoms with Crippen molar-refractivity contribution in [1.82, 2.24) is 19.6 Å². The first-order valence-corrected chi connectivity index (χ1v) is 10.3. The lowest BCUT2D eigenvalue weighted by Crippen LogP contribution is -2.45. The highest BCUT2D eigenvalue weighted by Gasteiger charge is 2.36. The third kappa shape index (κ3) is 3.75. The number of nitrogens with zero attached hydrogens (tertiary/aromatic N) is 4. The average molecular weight is 436 g/mol. The maximum atomic E-state index is 13.4. The monoisotopic (exact) mass is 435 g/mol. The Balaban J connectivity index is 1.59. The Morgan fingerprint density at radius 3 is 2.93 bits per heavy atom. The van der Waals surface area contributed by atoms with Crippen molar-refractivity contribution in [2.75, 3.05) is 25.0 Å². The molecule has 160 valence electrons. The zero-order valence-electron chi connectivity index (χ0n) is 16.6. The minimum Gasteiger partial charge on any atom is -0.395 e. The summed E-state index contributed by atoms with van der Waals surface area (Å²) in [6.07, 6.45) is 1.28. The number of benzene rings is 1. The van der Waals surface area contributed by atoms with Crippen LogP contribution < -0.4 is 5.32 Å². The molecule has 0 unspecified atom stereocenters. The SMILES string of the molecule is C[C@@H]1Cc2nn3c(c2CN1C(=O)Nc1ccc(F)c(Cl)c1)C(=O)N(CCO)CCC3. The molecule has 0 saturated carbocycles. The Hall–Kier alpha value is -2.65. The van der Waals surface area contributed by atoms with Gasteiger partial charge >= 0.3 is 6.03 Å². The number of hydrogen-bond donors (Lipinski definition) is 2.